The van der Waals surface area contributed by atoms with E-state index in [-0.39, 0.29) is 0 Å². The second kappa shape index (κ2) is 6.58. The molecule has 0 aliphatic carbocycles. The molecule has 98 valence electrons. The van der Waals surface area contributed by atoms with Crippen molar-refractivity contribution in [3.05, 3.63) is 35.9 Å². The minimum absolute atomic E-state index is 0.327. The highest BCUT2D eigenvalue weighted by atomic mass is 16.2. The maximum Gasteiger partial charge on any atom is 0.222 e. The summed E-state index contributed by atoms with van der Waals surface area (Å²) in [5.74, 6) is 0.327. The van der Waals surface area contributed by atoms with Crippen LogP contribution in [0, 0.1) is 0 Å². The van der Waals surface area contributed by atoms with Gasteiger partial charge in [-0.05, 0) is 31.2 Å². The molecule has 18 heavy (non-hydrogen) atoms. The topological polar surface area (TPSA) is 20.3 Å². The number of amides is 1. The summed E-state index contributed by atoms with van der Waals surface area (Å²) in [6, 6.07) is 11.0. The first kappa shape index (κ1) is 13.1. The molecule has 1 aromatic carbocycles. The van der Waals surface area contributed by atoms with Gasteiger partial charge in [0.25, 0.3) is 0 Å². The lowest BCUT2D eigenvalue weighted by molar-refractivity contribution is -0.132. The summed E-state index contributed by atoms with van der Waals surface area (Å²) in [7, 11) is 1.98. The molecule has 1 aliphatic rings. The molecule has 0 radical (unpaired) electrons. The van der Waals surface area contributed by atoms with Gasteiger partial charge in [0.1, 0.15) is 0 Å². The number of hydrogen-bond acceptors (Lipinski definition) is 1. The first-order valence-corrected chi connectivity index (χ1v) is 7.07. The van der Waals surface area contributed by atoms with Crippen molar-refractivity contribution in [1.29, 1.82) is 0 Å². The van der Waals surface area contributed by atoms with E-state index in [0.717, 1.165) is 32.1 Å². The fourth-order valence-corrected chi connectivity index (χ4v) is 2.72. The van der Waals surface area contributed by atoms with Crippen LogP contribution in [0.3, 0.4) is 0 Å². The molecule has 0 spiro atoms. The van der Waals surface area contributed by atoms with Gasteiger partial charge in [-0.2, -0.15) is 0 Å². The molecule has 1 amide bonds. The summed E-state index contributed by atoms with van der Waals surface area (Å²) < 4.78 is 0. The van der Waals surface area contributed by atoms with E-state index in [1.54, 1.807) is 0 Å². The number of rotatable bonds is 3. The molecule has 1 saturated heterocycles. The minimum atomic E-state index is 0.327. The Kier molecular flexibility index (Phi) is 4.80. The van der Waals surface area contributed by atoms with Crippen LogP contribution >= 0.6 is 0 Å². The molecular weight excluding hydrogens is 222 g/mol. The smallest absolute Gasteiger partial charge is 0.222 e. The molecule has 1 unspecified atom stereocenters. The summed E-state index contributed by atoms with van der Waals surface area (Å²) in [6.07, 6.45) is 7.59. The largest absolute Gasteiger partial charge is 0.343 e. The standard InChI is InChI=1S/C16H23NO/c1-17-15(10-6-3-7-11-16(17)18)13-12-14-8-4-2-5-9-14/h2,4-5,8-9,15H,3,6-7,10-13H2,1H3. The van der Waals surface area contributed by atoms with Gasteiger partial charge in [0.2, 0.25) is 5.91 Å². The van der Waals surface area contributed by atoms with Gasteiger partial charge < -0.3 is 4.90 Å². The fourth-order valence-electron chi connectivity index (χ4n) is 2.72. The molecule has 1 aliphatic heterocycles. The van der Waals surface area contributed by atoms with Crippen molar-refractivity contribution in [1.82, 2.24) is 4.90 Å². The van der Waals surface area contributed by atoms with Crippen LogP contribution < -0.4 is 0 Å². The molecule has 0 aromatic heterocycles. The van der Waals surface area contributed by atoms with Crippen LogP contribution in [0.25, 0.3) is 0 Å². The number of aryl methyl sites for hydroxylation is 1. The van der Waals surface area contributed by atoms with Crippen LogP contribution in [0.2, 0.25) is 0 Å². The zero-order chi connectivity index (χ0) is 12.8. The summed E-state index contributed by atoms with van der Waals surface area (Å²) in [4.78, 5) is 13.9. The number of nitrogens with zero attached hydrogens (tertiary/aromatic N) is 1. The SMILES string of the molecule is CN1C(=O)CCCCCC1CCc1ccccc1. The normalized spacial score (nSPS) is 21.5. The zero-order valence-electron chi connectivity index (χ0n) is 11.3. The maximum absolute atomic E-state index is 11.9. The Bertz CT molecular complexity index is 374. The number of carbonyl (C=O) groups excluding carboxylic acids is 1. The molecule has 2 rings (SSSR count). The van der Waals surface area contributed by atoms with Crippen LogP contribution in [-0.4, -0.2) is 23.9 Å². The molecule has 1 fully saturated rings. The Labute approximate surface area is 110 Å². The third-order valence-corrected chi connectivity index (χ3v) is 3.98. The molecule has 0 N–H and O–H groups in total. The van der Waals surface area contributed by atoms with Gasteiger partial charge in [0.05, 0.1) is 0 Å². The number of likely N-dealkylation sites (tertiary alicyclic amines) is 1. The second-order valence-electron chi connectivity index (χ2n) is 5.28. The first-order valence-electron chi connectivity index (χ1n) is 7.07. The van der Waals surface area contributed by atoms with Crippen LogP contribution in [0.15, 0.2) is 30.3 Å². The van der Waals surface area contributed by atoms with E-state index in [1.165, 1.54) is 18.4 Å². The summed E-state index contributed by atoms with van der Waals surface area (Å²) in [6.45, 7) is 0. The molecule has 2 nitrogen and oxygen atoms in total. The zero-order valence-corrected chi connectivity index (χ0v) is 11.3. The van der Waals surface area contributed by atoms with Crippen LogP contribution in [-0.2, 0) is 11.2 Å². The van der Waals surface area contributed by atoms with Crippen molar-refractivity contribution in [3.63, 3.8) is 0 Å². The third kappa shape index (κ3) is 3.59. The van der Waals surface area contributed by atoms with Crippen molar-refractivity contribution in [2.24, 2.45) is 0 Å². The van der Waals surface area contributed by atoms with Gasteiger partial charge in [0, 0.05) is 19.5 Å². The van der Waals surface area contributed by atoms with E-state index < -0.39 is 0 Å². The van der Waals surface area contributed by atoms with Gasteiger partial charge >= 0.3 is 0 Å². The summed E-state index contributed by atoms with van der Waals surface area (Å²) >= 11 is 0. The quantitative estimate of drug-likeness (QED) is 0.799. The summed E-state index contributed by atoms with van der Waals surface area (Å²) in [5.41, 5.74) is 1.38. The van der Waals surface area contributed by atoms with Crippen LogP contribution in [0.5, 0.6) is 0 Å². The summed E-state index contributed by atoms with van der Waals surface area (Å²) in [5, 5.41) is 0. The molecule has 1 heterocycles. The van der Waals surface area contributed by atoms with Gasteiger partial charge in [-0.1, -0.05) is 43.2 Å². The Morgan fingerprint density at radius 1 is 1.17 bits per heavy atom. The highest BCUT2D eigenvalue weighted by molar-refractivity contribution is 5.76. The molecule has 0 bridgehead atoms. The van der Waals surface area contributed by atoms with E-state index in [1.807, 2.05) is 11.9 Å². The number of benzene rings is 1. The lowest BCUT2D eigenvalue weighted by Gasteiger charge is -2.30. The van der Waals surface area contributed by atoms with E-state index in [2.05, 4.69) is 30.3 Å². The second-order valence-corrected chi connectivity index (χ2v) is 5.28. The lowest BCUT2D eigenvalue weighted by atomic mass is 9.96. The van der Waals surface area contributed by atoms with Gasteiger partial charge in [-0.3, -0.25) is 4.79 Å². The average Bonchev–Trinajstić information content (AvgIpc) is 2.40. The van der Waals surface area contributed by atoms with E-state index >= 15 is 0 Å². The third-order valence-electron chi connectivity index (χ3n) is 3.98. The molecule has 2 heteroatoms. The average molecular weight is 245 g/mol. The highest BCUT2D eigenvalue weighted by Gasteiger charge is 2.21. The minimum Gasteiger partial charge on any atom is -0.343 e. The van der Waals surface area contributed by atoms with E-state index in [4.69, 9.17) is 0 Å². The molecule has 1 aromatic rings. The predicted molar refractivity (Wildman–Crippen MR) is 74.4 cm³/mol. The Balaban J connectivity index is 1.91. The number of hydrogen-bond donors (Lipinski definition) is 0. The van der Waals surface area contributed by atoms with Crippen LogP contribution in [0.4, 0.5) is 0 Å². The highest BCUT2D eigenvalue weighted by Crippen LogP contribution is 2.20. The fraction of sp³-hybridized carbons (Fsp3) is 0.562. The van der Waals surface area contributed by atoms with Crippen molar-refractivity contribution >= 4 is 5.91 Å². The van der Waals surface area contributed by atoms with Crippen molar-refractivity contribution in [2.75, 3.05) is 7.05 Å². The van der Waals surface area contributed by atoms with Gasteiger partial charge in [-0.25, -0.2) is 0 Å². The van der Waals surface area contributed by atoms with E-state index in [0.29, 0.717) is 11.9 Å². The molecule has 0 saturated carbocycles. The number of carbonyl (C=O) groups is 1. The monoisotopic (exact) mass is 245 g/mol. The van der Waals surface area contributed by atoms with Gasteiger partial charge in [0.15, 0.2) is 0 Å². The maximum atomic E-state index is 11.9. The van der Waals surface area contributed by atoms with E-state index in [9.17, 15) is 4.79 Å². The molecule has 1 atom stereocenters. The van der Waals surface area contributed by atoms with Crippen molar-refractivity contribution < 1.29 is 4.79 Å². The van der Waals surface area contributed by atoms with Crippen molar-refractivity contribution in [3.8, 4) is 0 Å². The predicted octanol–water partition coefficient (Wildman–Crippen LogP) is 3.41. The Morgan fingerprint density at radius 2 is 1.94 bits per heavy atom. The molecular formula is C16H23NO. The Morgan fingerprint density at radius 3 is 2.72 bits per heavy atom. The van der Waals surface area contributed by atoms with Gasteiger partial charge in [-0.15, -0.1) is 0 Å². The lowest BCUT2D eigenvalue weighted by Crippen LogP contribution is -2.38. The van der Waals surface area contributed by atoms with Crippen molar-refractivity contribution in [2.45, 2.75) is 51.0 Å². The first-order chi connectivity index (χ1) is 8.77. The Hall–Kier alpha value is -1.31. The van der Waals surface area contributed by atoms with Crippen LogP contribution in [0.1, 0.15) is 44.1 Å².